The van der Waals surface area contributed by atoms with Gasteiger partial charge in [0.2, 0.25) is 0 Å². The van der Waals surface area contributed by atoms with Crippen LogP contribution < -0.4 is 5.32 Å². The van der Waals surface area contributed by atoms with Crippen LogP contribution in [0.25, 0.3) is 6.08 Å². The summed E-state index contributed by atoms with van der Waals surface area (Å²) >= 11 is 0. The minimum Gasteiger partial charge on any atom is -0.322 e. The molecule has 0 spiro atoms. The average Bonchev–Trinajstić information content (AvgIpc) is 3.26. The quantitative estimate of drug-likeness (QED) is 0.899. The summed E-state index contributed by atoms with van der Waals surface area (Å²) < 4.78 is 0. The van der Waals surface area contributed by atoms with E-state index in [1.165, 1.54) is 22.3 Å². The molecule has 22 heavy (non-hydrogen) atoms. The van der Waals surface area contributed by atoms with Crippen molar-refractivity contribution in [3.63, 3.8) is 0 Å². The first kappa shape index (κ1) is 13.1. The summed E-state index contributed by atoms with van der Waals surface area (Å²) in [6.07, 6.45) is 14.9. The van der Waals surface area contributed by atoms with E-state index in [0.29, 0.717) is 0 Å². The van der Waals surface area contributed by atoms with Crippen LogP contribution in [0, 0.1) is 0 Å². The number of fused-ring (bicyclic) bond motifs is 1. The zero-order chi connectivity index (χ0) is 14.9. The van der Waals surface area contributed by atoms with Crippen molar-refractivity contribution in [3.05, 3.63) is 88.2 Å². The molecule has 0 aromatic heterocycles. The number of carbonyl (C=O) groups excluding carboxylic acids is 1. The summed E-state index contributed by atoms with van der Waals surface area (Å²) in [6, 6.07) is 8.47. The molecule has 4 rings (SSSR count). The van der Waals surface area contributed by atoms with Crippen molar-refractivity contribution in [3.8, 4) is 0 Å². The standard InChI is InChI=1S/C20H17NO/c22-20(14-6-1-2-7-14)21-19-11-5-10-18(19)17-12-15-8-3-4-9-16(15)13-17/h1-4,6,8-12H,5,7,13H2,(H,21,22). The first-order chi connectivity index (χ1) is 10.8. The molecule has 0 bridgehead atoms. The molecule has 1 N–H and O–H groups in total. The van der Waals surface area contributed by atoms with Crippen LogP contribution in [0.3, 0.4) is 0 Å². The molecule has 0 radical (unpaired) electrons. The Morgan fingerprint density at radius 2 is 2.05 bits per heavy atom. The smallest absolute Gasteiger partial charge is 0.251 e. The second kappa shape index (κ2) is 5.30. The lowest BCUT2D eigenvalue weighted by molar-refractivity contribution is -0.116. The van der Waals surface area contributed by atoms with E-state index in [0.717, 1.165) is 30.5 Å². The molecule has 0 atom stereocenters. The zero-order valence-electron chi connectivity index (χ0n) is 12.3. The third kappa shape index (κ3) is 2.27. The Morgan fingerprint density at radius 1 is 1.14 bits per heavy atom. The van der Waals surface area contributed by atoms with Gasteiger partial charge in [-0.05, 0) is 41.5 Å². The van der Waals surface area contributed by atoms with E-state index in [2.05, 4.69) is 47.8 Å². The van der Waals surface area contributed by atoms with Gasteiger partial charge >= 0.3 is 0 Å². The maximum atomic E-state index is 12.3. The molecule has 0 saturated carbocycles. The van der Waals surface area contributed by atoms with Gasteiger partial charge in [0.1, 0.15) is 0 Å². The summed E-state index contributed by atoms with van der Waals surface area (Å²) in [5.41, 5.74) is 6.91. The SMILES string of the molecule is O=C(NC1=CCC=C1C1=Cc2ccccc2C1)C1=CC=CC1. The van der Waals surface area contributed by atoms with Crippen molar-refractivity contribution in [1.82, 2.24) is 5.32 Å². The molecule has 2 nitrogen and oxygen atoms in total. The molecule has 0 fully saturated rings. The molecule has 1 amide bonds. The number of benzene rings is 1. The van der Waals surface area contributed by atoms with E-state index >= 15 is 0 Å². The van der Waals surface area contributed by atoms with E-state index in [-0.39, 0.29) is 5.91 Å². The van der Waals surface area contributed by atoms with Crippen LogP contribution in [-0.2, 0) is 11.2 Å². The van der Waals surface area contributed by atoms with E-state index < -0.39 is 0 Å². The molecule has 0 aliphatic heterocycles. The fraction of sp³-hybridized carbons (Fsp3) is 0.150. The van der Waals surface area contributed by atoms with Crippen LogP contribution in [0.15, 0.2) is 77.1 Å². The monoisotopic (exact) mass is 287 g/mol. The first-order valence-corrected chi connectivity index (χ1v) is 7.68. The highest BCUT2D eigenvalue weighted by Crippen LogP contribution is 2.34. The summed E-state index contributed by atoms with van der Waals surface area (Å²) in [4.78, 5) is 12.3. The molecule has 0 heterocycles. The molecule has 1 aromatic rings. The molecule has 2 heteroatoms. The Balaban J connectivity index is 1.52. The lowest BCUT2D eigenvalue weighted by Gasteiger charge is -2.12. The van der Waals surface area contributed by atoms with Crippen LogP contribution >= 0.6 is 0 Å². The highest BCUT2D eigenvalue weighted by atomic mass is 16.1. The topological polar surface area (TPSA) is 29.1 Å². The van der Waals surface area contributed by atoms with Gasteiger partial charge in [-0.3, -0.25) is 4.79 Å². The summed E-state index contributed by atoms with van der Waals surface area (Å²) in [5, 5.41) is 3.08. The number of hydrogen-bond donors (Lipinski definition) is 1. The molecule has 3 aliphatic carbocycles. The Morgan fingerprint density at radius 3 is 2.86 bits per heavy atom. The van der Waals surface area contributed by atoms with Gasteiger partial charge in [0, 0.05) is 11.3 Å². The number of nitrogens with one attached hydrogen (secondary N) is 1. The van der Waals surface area contributed by atoms with Gasteiger partial charge in [-0.2, -0.15) is 0 Å². The Kier molecular flexibility index (Phi) is 3.15. The van der Waals surface area contributed by atoms with Crippen LogP contribution in [0.4, 0.5) is 0 Å². The van der Waals surface area contributed by atoms with Crippen molar-refractivity contribution < 1.29 is 4.79 Å². The van der Waals surface area contributed by atoms with Gasteiger partial charge in [0.05, 0.1) is 0 Å². The van der Waals surface area contributed by atoms with Crippen molar-refractivity contribution in [2.24, 2.45) is 0 Å². The van der Waals surface area contributed by atoms with Crippen molar-refractivity contribution >= 4 is 12.0 Å². The normalized spacial score (nSPS) is 18.5. The van der Waals surface area contributed by atoms with Gasteiger partial charge in [-0.1, -0.05) is 60.7 Å². The van der Waals surface area contributed by atoms with Gasteiger partial charge in [0.15, 0.2) is 0 Å². The first-order valence-electron chi connectivity index (χ1n) is 7.68. The Labute approximate surface area is 130 Å². The molecule has 0 unspecified atom stereocenters. The van der Waals surface area contributed by atoms with Crippen molar-refractivity contribution in [2.45, 2.75) is 19.3 Å². The fourth-order valence-electron chi connectivity index (χ4n) is 3.21. The zero-order valence-corrected chi connectivity index (χ0v) is 12.3. The minimum absolute atomic E-state index is 0.0140. The number of hydrogen-bond acceptors (Lipinski definition) is 1. The van der Waals surface area contributed by atoms with E-state index in [4.69, 9.17) is 0 Å². The Bertz CT molecular complexity index is 803. The molecular formula is C20H17NO. The molecule has 108 valence electrons. The van der Waals surface area contributed by atoms with Crippen molar-refractivity contribution in [2.75, 3.05) is 0 Å². The predicted octanol–water partition coefficient (Wildman–Crippen LogP) is 3.84. The Hall–Kier alpha value is -2.61. The predicted molar refractivity (Wildman–Crippen MR) is 88.9 cm³/mol. The van der Waals surface area contributed by atoms with Crippen molar-refractivity contribution in [1.29, 1.82) is 0 Å². The summed E-state index contributed by atoms with van der Waals surface area (Å²) in [5.74, 6) is 0.0140. The number of allylic oxidation sites excluding steroid dienone is 6. The third-order valence-electron chi connectivity index (χ3n) is 4.36. The number of rotatable bonds is 3. The van der Waals surface area contributed by atoms with Crippen LogP contribution in [0.2, 0.25) is 0 Å². The molecule has 1 aromatic carbocycles. The van der Waals surface area contributed by atoms with Crippen LogP contribution in [0.5, 0.6) is 0 Å². The van der Waals surface area contributed by atoms with Crippen LogP contribution in [-0.4, -0.2) is 5.91 Å². The lowest BCUT2D eigenvalue weighted by Crippen LogP contribution is -2.24. The van der Waals surface area contributed by atoms with Crippen LogP contribution in [0.1, 0.15) is 24.0 Å². The van der Waals surface area contributed by atoms with Gasteiger partial charge in [-0.15, -0.1) is 0 Å². The second-order valence-electron chi connectivity index (χ2n) is 5.79. The van der Waals surface area contributed by atoms with Gasteiger partial charge in [0.25, 0.3) is 5.91 Å². The van der Waals surface area contributed by atoms with E-state index in [1.54, 1.807) is 0 Å². The largest absolute Gasteiger partial charge is 0.322 e. The fourth-order valence-corrected chi connectivity index (χ4v) is 3.21. The average molecular weight is 287 g/mol. The maximum Gasteiger partial charge on any atom is 0.251 e. The van der Waals surface area contributed by atoms with E-state index in [9.17, 15) is 4.79 Å². The summed E-state index contributed by atoms with van der Waals surface area (Å²) in [6.45, 7) is 0. The molecule has 0 saturated heterocycles. The minimum atomic E-state index is 0.0140. The van der Waals surface area contributed by atoms with Gasteiger partial charge < -0.3 is 5.32 Å². The second-order valence-corrected chi connectivity index (χ2v) is 5.79. The molecular weight excluding hydrogens is 270 g/mol. The third-order valence-corrected chi connectivity index (χ3v) is 4.36. The maximum absolute atomic E-state index is 12.3. The lowest BCUT2D eigenvalue weighted by atomic mass is 10.0. The molecule has 3 aliphatic rings. The number of amides is 1. The highest BCUT2D eigenvalue weighted by Gasteiger charge is 2.22. The van der Waals surface area contributed by atoms with Gasteiger partial charge in [-0.25, -0.2) is 0 Å². The highest BCUT2D eigenvalue weighted by molar-refractivity contribution is 5.96. The number of carbonyl (C=O) groups is 1. The van der Waals surface area contributed by atoms with E-state index in [1.807, 2.05) is 18.2 Å². The summed E-state index contributed by atoms with van der Waals surface area (Å²) in [7, 11) is 0.